The summed E-state index contributed by atoms with van der Waals surface area (Å²) in [7, 11) is 0. The van der Waals surface area contributed by atoms with Gasteiger partial charge in [0.15, 0.2) is 0 Å². The largest absolute Gasteiger partial charge is 0.370 e. The van der Waals surface area contributed by atoms with Crippen LogP contribution in [-0.2, 0) is 0 Å². The van der Waals surface area contributed by atoms with Crippen LogP contribution in [0.25, 0.3) is 5.70 Å². The van der Waals surface area contributed by atoms with Crippen molar-refractivity contribution in [3.8, 4) is 6.07 Å². The van der Waals surface area contributed by atoms with Crippen LogP contribution in [0.3, 0.4) is 0 Å². The fourth-order valence-electron chi connectivity index (χ4n) is 2.52. The van der Waals surface area contributed by atoms with Crippen molar-refractivity contribution in [1.29, 1.82) is 10.7 Å². The minimum absolute atomic E-state index is 0.210. The zero-order valence-electron chi connectivity index (χ0n) is 16.8. The number of hydrazone groups is 1. The van der Waals surface area contributed by atoms with Gasteiger partial charge in [0, 0.05) is 36.3 Å². The van der Waals surface area contributed by atoms with Gasteiger partial charge in [-0.1, -0.05) is 13.5 Å². The molecule has 1 aromatic rings. The molecule has 0 aliphatic carbocycles. The molecule has 0 spiro atoms. The van der Waals surface area contributed by atoms with Crippen LogP contribution in [0, 0.1) is 22.6 Å². The first-order chi connectivity index (χ1) is 14.0. The van der Waals surface area contributed by atoms with Crippen molar-refractivity contribution in [1.82, 2.24) is 4.90 Å². The molecule has 0 aliphatic heterocycles. The maximum absolute atomic E-state index is 13.9. The predicted molar refractivity (Wildman–Crippen MR) is 119 cm³/mol. The van der Waals surface area contributed by atoms with E-state index in [0.717, 1.165) is 19.2 Å². The van der Waals surface area contributed by atoms with Gasteiger partial charge in [-0.15, -0.1) is 0 Å². The lowest BCUT2D eigenvalue weighted by molar-refractivity contribution is 0.407. The third-order valence-electron chi connectivity index (χ3n) is 3.86. The Hall–Kier alpha value is -3.60. The van der Waals surface area contributed by atoms with E-state index in [2.05, 4.69) is 33.8 Å². The zero-order valence-corrected chi connectivity index (χ0v) is 16.8. The van der Waals surface area contributed by atoms with Crippen LogP contribution < -0.4 is 5.43 Å². The van der Waals surface area contributed by atoms with Crippen molar-refractivity contribution in [2.75, 3.05) is 25.1 Å². The molecule has 0 amide bonds. The molecule has 2 N–H and O–H groups in total. The van der Waals surface area contributed by atoms with Crippen molar-refractivity contribution >= 4 is 36.2 Å². The van der Waals surface area contributed by atoms with Gasteiger partial charge >= 0.3 is 0 Å². The Labute approximate surface area is 171 Å². The maximum Gasteiger partial charge on any atom is 0.141 e. The Morgan fingerprint density at radius 2 is 2.17 bits per heavy atom. The molecule has 7 nitrogen and oxygen atoms in total. The maximum atomic E-state index is 13.9. The van der Waals surface area contributed by atoms with E-state index in [4.69, 9.17) is 10.7 Å². The minimum Gasteiger partial charge on any atom is -0.370 e. The van der Waals surface area contributed by atoms with Gasteiger partial charge in [0.2, 0.25) is 0 Å². The van der Waals surface area contributed by atoms with E-state index in [1.165, 1.54) is 18.3 Å². The van der Waals surface area contributed by atoms with E-state index in [9.17, 15) is 4.39 Å². The third kappa shape index (κ3) is 7.89. The summed E-state index contributed by atoms with van der Waals surface area (Å²) in [4.78, 5) is 10.1. The van der Waals surface area contributed by atoms with E-state index in [0.29, 0.717) is 35.7 Å². The number of allylic oxidation sites excluding steroid dienone is 2. The molecule has 152 valence electrons. The van der Waals surface area contributed by atoms with Crippen LogP contribution in [-0.4, -0.2) is 49.4 Å². The van der Waals surface area contributed by atoms with Crippen LogP contribution in [0.5, 0.6) is 0 Å². The summed E-state index contributed by atoms with van der Waals surface area (Å²) in [5.41, 5.74) is 5.52. The minimum atomic E-state index is -0.376. The summed E-state index contributed by atoms with van der Waals surface area (Å²) in [6.07, 6.45) is 4.79. The molecule has 0 atom stereocenters. The highest BCUT2D eigenvalue weighted by Crippen LogP contribution is 2.27. The average molecular weight is 395 g/mol. The van der Waals surface area contributed by atoms with E-state index >= 15 is 0 Å². The number of nitrogens with one attached hydrogen (secondary N) is 2. The molecular formula is C21H26FN7. The Balaban J connectivity index is 3.00. The second-order valence-corrected chi connectivity index (χ2v) is 6.00. The summed E-state index contributed by atoms with van der Waals surface area (Å²) in [5, 5.41) is 19.8. The van der Waals surface area contributed by atoms with Crippen LogP contribution >= 0.6 is 0 Å². The van der Waals surface area contributed by atoms with Crippen molar-refractivity contribution in [2.45, 2.75) is 20.3 Å². The fraction of sp³-hybridized carbons (Fsp3) is 0.286. The van der Waals surface area contributed by atoms with Crippen molar-refractivity contribution in [3.63, 3.8) is 0 Å². The Morgan fingerprint density at radius 3 is 2.79 bits per heavy atom. The van der Waals surface area contributed by atoms with E-state index in [1.807, 2.05) is 17.9 Å². The molecule has 8 heteroatoms. The van der Waals surface area contributed by atoms with Gasteiger partial charge in [0.05, 0.1) is 18.4 Å². The van der Waals surface area contributed by atoms with Crippen molar-refractivity contribution in [3.05, 3.63) is 47.9 Å². The molecule has 1 rings (SSSR count). The highest BCUT2D eigenvalue weighted by Gasteiger charge is 2.14. The standard InChI is InChI=1S/C21H26FN7/c1-5-11-29(12-10-26-16(2)13-19(15-24)25-4)17(3)20-14-18(22)6-7-21(20)28-27-9-8-23/h6-9,13-14,23,28H,3-5,10-12H2,1-2H3/b19-13-,23-8?,26-16-,27-9-. The number of aliphatic imine (C=N–C) groups is 2. The normalized spacial score (nSPS) is 11.8. The molecule has 0 aromatic heterocycles. The number of anilines is 1. The van der Waals surface area contributed by atoms with E-state index in [1.54, 1.807) is 19.1 Å². The highest BCUT2D eigenvalue weighted by molar-refractivity contribution is 6.14. The number of nitriles is 1. The zero-order chi connectivity index (χ0) is 21.6. The molecule has 0 unspecified atom stereocenters. The van der Waals surface area contributed by atoms with Gasteiger partial charge in [-0.25, -0.2) is 4.39 Å². The van der Waals surface area contributed by atoms with Gasteiger partial charge in [-0.2, -0.15) is 10.4 Å². The number of halogens is 1. The summed E-state index contributed by atoms with van der Waals surface area (Å²) in [6.45, 7) is 13.1. The van der Waals surface area contributed by atoms with Gasteiger partial charge in [0.1, 0.15) is 17.6 Å². The van der Waals surface area contributed by atoms with Crippen LogP contribution in [0.1, 0.15) is 25.8 Å². The molecule has 0 fully saturated rings. The van der Waals surface area contributed by atoms with Gasteiger partial charge in [-0.3, -0.25) is 15.4 Å². The second-order valence-electron chi connectivity index (χ2n) is 6.00. The lowest BCUT2D eigenvalue weighted by Crippen LogP contribution is -2.26. The molecule has 0 saturated heterocycles. The van der Waals surface area contributed by atoms with Crippen LogP contribution in [0.2, 0.25) is 0 Å². The molecule has 0 radical (unpaired) electrons. The second kappa shape index (κ2) is 12.7. The number of hydrogen-bond donors (Lipinski definition) is 2. The third-order valence-corrected chi connectivity index (χ3v) is 3.86. The van der Waals surface area contributed by atoms with Gasteiger partial charge in [0.25, 0.3) is 0 Å². The summed E-state index contributed by atoms with van der Waals surface area (Å²) in [5.74, 6) is -0.376. The molecule has 0 saturated carbocycles. The molecule has 1 aromatic carbocycles. The Morgan fingerprint density at radius 1 is 1.41 bits per heavy atom. The summed E-state index contributed by atoms with van der Waals surface area (Å²) < 4.78 is 13.9. The van der Waals surface area contributed by atoms with Crippen molar-refractivity contribution in [2.24, 2.45) is 15.1 Å². The predicted octanol–water partition coefficient (Wildman–Crippen LogP) is 4.12. The van der Waals surface area contributed by atoms with Gasteiger partial charge in [-0.05, 0) is 44.3 Å². The topological polar surface area (TPSA) is 100.0 Å². The van der Waals surface area contributed by atoms with Crippen LogP contribution in [0.15, 0.2) is 51.6 Å². The number of rotatable bonds is 12. The smallest absolute Gasteiger partial charge is 0.141 e. The van der Waals surface area contributed by atoms with E-state index in [-0.39, 0.29) is 11.5 Å². The molecule has 0 bridgehead atoms. The summed E-state index contributed by atoms with van der Waals surface area (Å²) >= 11 is 0. The number of nitrogens with zero attached hydrogens (tertiary/aromatic N) is 5. The Bertz CT molecular complexity index is 862. The molecule has 0 aliphatic rings. The average Bonchev–Trinajstić information content (AvgIpc) is 2.72. The first kappa shape index (κ1) is 23.4. The first-order valence-electron chi connectivity index (χ1n) is 9.08. The summed E-state index contributed by atoms with van der Waals surface area (Å²) in [6, 6.07) is 6.26. The number of hydrogen-bond acceptors (Lipinski definition) is 7. The molecule has 0 heterocycles. The van der Waals surface area contributed by atoms with Crippen molar-refractivity contribution < 1.29 is 4.39 Å². The molecule has 29 heavy (non-hydrogen) atoms. The van der Waals surface area contributed by atoms with Gasteiger partial charge < -0.3 is 10.3 Å². The monoisotopic (exact) mass is 395 g/mol. The first-order valence-corrected chi connectivity index (χ1v) is 9.08. The molecular weight excluding hydrogens is 369 g/mol. The highest BCUT2D eigenvalue weighted by atomic mass is 19.1. The van der Waals surface area contributed by atoms with Crippen LogP contribution in [0.4, 0.5) is 10.1 Å². The Kier molecular flexibility index (Phi) is 10.3. The lowest BCUT2D eigenvalue weighted by Gasteiger charge is -2.27. The van der Waals surface area contributed by atoms with E-state index < -0.39 is 0 Å². The SMILES string of the molecule is C=N/C(C#N)=C\C(C)=N/CCN(CCC)C(=C)c1cc(F)ccc1N/N=C\C=N. The fourth-order valence-corrected chi connectivity index (χ4v) is 2.52. The number of benzene rings is 1. The quantitative estimate of drug-likeness (QED) is 0.316. The lowest BCUT2D eigenvalue weighted by atomic mass is 10.1.